The second-order valence-corrected chi connectivity index (χ2v) is 2.94. The van der Waals surface area contributed by atoms with Crippen LogP contribution < -0.4 is 0 Å². The van der Waals surface area contributed by atoms with Gasteiger partial charge < -0.3 is 5.11 Å². The van der Waals surface area contributed by atoms with E-state index in [0.717, 1.165) is 12.1 Å². The van der Waals surface area contributed by atoms with Gasteiger partial charge in [0.25, 0.3) is 0 Å². The van der Waals surface area contributed by atoms with Crippen molar-refractivity contribution >= 4 is 11.7 Å². The van der Waals surface area contributed by atoms with E-state index in [2.05, 4.69) is 0 Å². The average Bonchev–Trinajstić information content (AvgIpc) is 2.14. The Kier molecular flexibility index (Phi) is 3.33. The van der Waals surface area contributed by atoms with Crippen LogP contribution in [0, 0.1) is 15.9 Å². The topological polar surface area (TPSA) is 80.4 Å². The van der Waals surface area contributed by atoms with E-state index < -0.39 is 22.4 Å². The molecule has 0 aromatic heterocycles. The summed E-state index contributed by atoms with van der Waals surface area (Å²) in [5.41, 5.74) is -0.172. The molecule has 1 aromatic carbocycles. The van der Waals surface area contributed by atoms with Crippen LogP contribution in [0.4, 0.5) is 10.1 Å². The van der Waals surface area contributed by atoms with Crippen molar-refractivity contribution in [2.24, 2.45) is 0 Å². The summed E-state index contributed by atoms with van der Waals surface area (Å²) >= 11 is 0. The lowest BCUT2D eigenvalue weighted by molar-refractivity contribution is -0.387. The standard InChI is InChI=1S/C9H8FNO4/c10-7-5-6(2-4-9(12)13)1-3-8(7)11(14)15/h1,3,5H,2,4H2,(H,12,13). The lowest BCUT2D eigenvalue weighted by Gasteiger charge is -1.99. The molecule has 0 radical (unpaired) electrons. The maximum atomic E-state index is 13.0. The largest absolute Gasteiger partial charge is 0.481 e. The summed E-state index contributed by atoms with van der Waals surface area (Å²) < 4.78 is 13.0. The van der Waals surface area contributed by atoms with Crippen molar-refractivity contribution in [3.05, 3.63) is 39.7 Å². The molecule has 1 N–H and O–H groups in total. The molecule has 0 aliphatic carbocycles. The predicted molar refractivity (Wildman–Crippen MR) is 49.0 cm³/mol. The number of benzene rings is 1. The molecule has 0 atom stereocenters. The summed E-state index contributed by atoms with van der Waals surface area (Å²) in [4.78, 5) is 19.7. The minimum Gasteiger partial charge on any atom is -0.481 e. The molecule has 0 aliphatic heterocycles. The first-order valence-corrected chi connectivity index (χ1v) is 4.15. The van der Waals surface area contributed by atoms with E-state index in [-0.39, 0.29) is 12.8 Å². The number of nitro benzene ring substituents is 1. The van der Waals surface area contributed by atoms with Gasteiger partial charge >= 0.3 is 11.7 Å². The number of carboxylic acids is 1. The molecule has 0 fully saturated rings. The van der Waals surface area contributed by atoms with Gasteiger partial charge in [-0.05, 0) is 18.1 Å². The van der Waals surface area contributed by atoms with Gasteiger partial charge in [0.05, 0.1) is 4.92 Å². The van der Waals surface area contributed by atoms with Gasteiger partial charge in [0.2, 0.25) is 5.82 Å². The lowest BCUT2D eigenvalue weighted by atomic mass is 10.1. The Labute approximate surface area is 84.3 Å². The highest BCUT2D eigenvalue weighted by Gasteiger charge is 2.13. The van der Waals surface area contributed by atoms with Crippen LogP contribution in [0.25, 0.3) is 0 Å². The zero-order valence-electron chi connectivity index (χ0n) is 7.64. The summed E-state index contributed by atoms with van der Waals surface area (Å²) in [6, 6.07) is 3.37. The molecule has 5 nitrogen and oxygen atoms in total. The van der Waals surface area contributed by atoms with E-state index in [1.54, 1.807) is 0 Å². The fourth-order valence-electron chi connectivity index (χ4n) is 1.11. The number of carboxylic acid groups (broad SMARTS) is 1. The molecule has 80 valence electrons. The number of nitro groups is 1. The number of hydrogen-bond acceptors (Lipinski definition) is 3. The minimum atomic E-state index is -0.992. The quantitative estimate of drug-likeness (QED) is 0.610. The first-order chi connectivity index (χ1) is 7.00. The third-order valence-corrected chi connectivity index (χ3v) is 1.84. The maximum absolute atomic E-state index is 13.0. The van der Waals surface area contributed by atoms with Crippen LogP contribution in [-0.2, 0) is 11.2 Å². The van der Waals surface area contributed by atoms with Crippen molar-refractivity contribution < 1.29 is 19.2 Å². The molecular weight excluding hydrogens is 205 g/mol. The number of rotatable bonds is 4. The Morgan fingerprint density at radius 1 is 1.53 bits per heavy atom. The first kappa shape index (κ1) is 11.1. The normalized spacial score (nSPS) is 9.93. The molecular formula is C9H8FNO4. The van der Waals surface area contributed by atoms with Crippen LogP contribution in [0.15, 0.2) is 18.2 Å². The lowest BCUT2D eigenvalue weighted by Crippen LogP contribution is -1.99. The molecule has 1 rings (SSSR count). The van der Waals surface area contributed by atoms with Crippen LogP contribution in [-0.4, -0.2) is 16.0 Å². The summed E-state index contributed by atoms with van der Waals surface area (Å²) in [6.45, 7) is 0. The Bertz CT molecular complexity index is 405. The van der Waals surface area contributed by atoms with E-state index in [0.29, 0.717) is 5.56 Å². The highest BCUT2D eigenvalue weighted by atomic mass is 19.1. The molecule has 0 aliphatic rings. The molecule has 6 heteroatoms. The molecule has 0 saturated carbocycles. The van der Waals surface area contributed by atoms with Gasteiger partial charge in [-0.25, -0.2) is 0 Å². The fourth-order valence-corrected chi connectivity index (χ4v) is 1.11. The Morgan fingerprint density at radius 3 is 2.67 bits per heavy atom. The summed E-state index contributed by atoms with van der Waals surface area (Å²) in [7, 11) is 0. The van der Waals surface area contributed by atoms with E-state index in [9.17, 15) is 19.3 Å². The van der Waals surface area contributed by atoms with Crippen LogP contribution >= 0.6 is 0 Å². The highest BCUT2D eigenvalue weighted by molar-refractivity contribution is 5.67. The molecule has 0 unspecified atom stereocenters. The Balaban J connectivity index is 2.82. The molecule has 0 heterocycles. The van der Waals surface area contributed by atoms with Gasteiger partial charge in [-0.1, -0.05) is 6.07 Å². The minimum absolute atomic E-state index is 0.128. The first-order valence-electron chi connectivity index (χ1n) is 4.15. The van der Waals surface area contributed by atoms with Gasteiger partial charge in [0.1, 0.15) is 0 Å². The van der Waals surface area contributed by atoms with E-state index in [1.807, 2.05) is 0 Å². The number of nitrogens with zero attached hydrogens (tertiary/aromatic N) is 1. The molecule has 0 spiro atoms. The number of hydrogen-bond donors (Lipinski definition) is 1. The van der Waals surface area contributed by atoms with Gasteiger partial charge in [0, 0.05) is 12.5 Å². The molecule has 0 bridgehead atoms. The summed E-state index contributed by atoms with van der Waals surface area (Å²) in [5, 5.41) is 18.7. The van der Waals surface area contributed by atoms with Gasteiger partial charge in [0.15, 0.2) is 0 Å². The Hall–Kier alpha value is -1.98. The summed E-state index contributed by atoms with van der Waals surface area (Å²) in [6.07, 6.45) is 0.0293. The third kappa shape index (κ3) is 3.01. The van der Waals surface area contributed by atoms with Crippen LogP contribution in [0.2, 0.25) is 0 Å². The fraction of sp³-hybridized carbons (Fsp3) is 0.222. The van der Waals surface area contributed by atoms with Crippen molar-refractivity contribution in [2.45, 2.75) is 12.8 Å². The number of halogens is 1. The maximum Gasteiger partial charge on any atom is 0.304 e. The van der Waals surface area contributed by atoms with Crippen molar-refractivity contribution in [1.29, 1.82) is 0 Å². The molecule has 0 amide bonds. The molecule has 1 aromatic rings. The molecule has 0 saturated heterocycles. The van der Waals surface area contributed by atoms with E-state index >= 15 is 0 Å². The number of aliphatic carboxylic acids is 1. The average molecular weight is 213 g/mol. The smallest absolute Gasteiger partial charge is 0.304 e. The summed E-state index contributed by atoms with van der Waals surface area (Å²) in [5.74, 6) is -1.93. The van der Waals surface area contributed by atoms with Crippen molar-refractivity contribution in [3.63, 3.8) is 0 Å². The Morgan fingerprint density at radius 2 is 2.20 bits per heavy atom. The number of carbonyl (C=O) groups is 1. The molecule has 15 heavy (non-hydrogen) atoms. The number of aryl methyl sites for hydroxylation is 1. The zero-order chi connectivity index (χ0) is 11.4. The third-order valence-electron chi connectivity index (χ3n) is 1.84. The van der Waals surface area contributed by atoms with E-state index in [4.69, 9.17) is 5.11 Å². The zero-order valence-corrected chi connectivity index (χ0v) is 7.64. The van der Waals surface area contributed by atoms with Crippen molar-refractivity contribution in [1.82, 2.24) is 0 Å². The second-order valence-electron chi connectivity index (χ2n) is 2.94. The predicted octanol–water partition coefficient (Wildman–Crippen LogP) is 1.75. The van der Waals surface area contributed by atoms with Crippen molar-refractivity contribution in [2.75, 3.05) is 0 Å². The van der Waals surface area contributed by atoms with Gasteiger partial charge in [-0.2, -0.15) is 4.39 Å². The van der Waals surface area contributed by atoms with Gasteiger partial charge in [-0.15, -0.1) is 0 Å². The van der Waals surface area contributed by atoms with E-state index in [1.165, 1.54) is 6.07 Å². The SMILES string of the molecule is O=C(O)CCc1ccc([N+](=O)[O-])c(F)c1. The van der Waals surface area contributed by atoms with Crippen LogP contribution in [0.3, 0.4) is 0 Å². The van der Waals surface area contributed by atoms with Crippen LogP contribution in [0.5, 0.6) is 0 Å². The highest BCUT2D eigenvalue weighted by Crippen LogP contribution is 2.18. The van der Waals surface area contributed by atoms with Crippen molar-refractivity contribution in [3.8, 4) is 0 Å². The van der Waals surface area contributed by atoms with Gasteiger partial charge in [-0.3, -0.25) is 14.9 Å². The monoisotopic (exact) mass is 213 g/mol. The second kappa shape index (κ2) is 4.50. The van der Waals surface area contributed by atoms with Crippen LogP contribution in [0.1, 0.15) is 12.0 Å².